The van der Waals surface area contributed by atoms with Crippen LogP contribution in [-0.2, 0) is 16.0 Å². The third-order valence-corrected chi connectivity index (χ3v) is 5.22. The third-order valence-electron chi connectivity index (χ3n) is 4.85. The van der Waals surface area contributed by atoms with Gasteiger partial charge in [0.25, 0.3) is 5.91 Å². The number of methoxy groups -OCH3 is 2. The topological polar surface area (TPSA) is 85.3 Å². The molecule has 2 rings (SSSR count). The first-order valence-electron chi connectivity index (χ1n) is 9.92. The first-order chi connectivity index (χ1) is 14.9. The summed E-state index contributed by atoms with van der Waals surface area (Å²) in [6, 6.07) is 11.0. The Hall–Kier alpha value is -2.77. The van der Waals surface area contributed by atoms with Crippen molar-refractivity contribution >= 4 is 23.5 Å². The molecule has 1 amide bonds. The lowest BCUT2D eigenvalue weighted by atomic mass is 10.1. The zero-order chi connectivity index (χ0) is 22.8. The van der Waals surface area contributed by atoms with Crippen molar-refractivity contribution in [3.05, 3.63) is 58.1 Å². The highest BCUT2D eigenvalue weighted by Crippen LogP contribution is 2.30. The smallest absolute Gasteiger partial charge is 0.329 e. The maximum absolute atomic E-state index is 13.2. The minimum Gasteiger partial charge on any atom is -0.496 e. The summed E-state index contributed by atoms with van der Waals surface area (Å²) in [5.41, 5.74) is 2.24. The van der Waals surface area contributed by atoms with Crippen LogP contribution in [0.25, 0.3) is 0 Å². The molecule has 0 aliphatic carbocycles. The Morgan fingerprint density at radius 2 is 1.71 bits per heavy atom. The normalized spacial score (nSPS) is 10.6. The summed E-state index contributed by atoms with van der Waals surface area (Å²) in [6.07, 6.45) is 1.40. The van der Waals surface area contributed by atoms with Crippen LogP contribution in [0.5, 0.6) is 11.5 Å². The van der Waals surface area contributed by atoms with Crippen LogP contribution in [0.15, 0.2) is 36.4 Å². The molecule has 0 unspecified atom stereocenters. The number of ether oxygens (including phenoxy) is 3. The molecule has 0 bridgehead atoms. The standard InChI is InChI=1S/C23H28ClNO6/c1-16-20(29-2)13-18(14-21(16)30-3)23(28)25(11-12-31-15-22(26)27)10-6-8-17-7-4-5-9-19(17)24/h4-5,7,9,13-14H,6,8,10-12,15H2,1-3H3,(H,26,27). The lowest BCUT2D eigenvalue weighted by Gasteiger charge is -2.24. The highest BCUT2D eigenvalue weighted by Gasteiger charge is 2.19. The molecule has 0 aromatic heterocycles. The van der Waals surface area contributed by atoms with E-state index in [1.54, 1.807) is 17.0 Å². The number of rotatable bonds is 12. The Morgan fingerprint density at radius 1 is 1.06 bits per heavy atom. The summed E-state index contributed by atoms with van der Waals surface area (Å²) in [4.78, 5) is 25.6. The summed E-state index contributed by atoms with van der Waals surface area (Å²) in [5, 5.41) is 9.45. The molecule has 0 spiro atoms. The van der Waals surface area contributed by atoms with E-state index in [4.69, 9.17) is 30.9 Å². The van der Waals surface area contributed by atoms with Crippen molar-refractivity contribution in [3.63, 3.8) is 0 Å². The van der Waals surface area contributed by atoms with E-state index in [-0.39, 0.29) is 19.1 Å². The van der Waals surface area contributed by atoms with Crippen molar-refractivity contribution in [3.8, 4) is 11.5 Å². The number of carboxylic acids is 1. The van der Waals surface area contributed by atoms with Gasteiger partial charge in [0, 0.05) is 29.2 Å². The summed E-state index contributed by atoms with van der Waals surface area (Å²) >= 11 is 6.23. The molecule has 0 radical (unpaired) electrons. The van der Waals surface area contributed by atoms with E-state index in [9.17, 15) is 9.59 Å². The van der Waals surface area contributed by atoms with Crippen LogP contribution in [0.4, 0.5) is 0 Å². The first kappa shape index (κ1) is 24.5. The van der Waals surface area contributed by atoms with Gasteiger partial charge in [-0.15, -0.1) is 0 Å². The zero-order valence-corrected chi connectivity index (χ0v) is 18.8. The number of carbonyl (C=O) groups excluding carboxylic acids is 1. The Balaban J connectivity index is 2.15. The number of carboxylic acid groups (broad SMARTS) is 1. The van der Waals surface area contributed by atoms with Crippen LogP contribution < -0.4 is 9.47 Å². The molecule has 2 aromatic carbocycles. The summed E-state index contributed by atoms with van der Waals surface area (Å²) in [7, 11) is 3.08. The SMILES string of the molecule is COc1cc(C(=O)N(CCCc2ccccc2Cl)CCOCC(=O)O)cc(OC)c1C. The Bertz CT molecular complexity index is 876. The predicted octanol–water partition coefficient (Wildman–Crippen LogP) is 3.84. The average molecular weight is 450 g/mol. The van der Waals surface area contributed by atoms with E-state index < -0.39 is 12.6 Å². The van der Waals surface area contributed by atoms with E-state index in [1.807, 2.05) is 31.2 Å². The van der Waals surface area contributed by atoms with Gasteiger partial charge in [-0.2, -0.15) is 0 Å². The largest absolute Gasteiger partial charge is 0.496 e. The average Bonchev–Trinajstić information content (AvgIpc) is 2.76. The number of benzene rings is 2. The van der Waals surface area contributed by atoms with E-state index in [1.165, 1.54) is 14.2 Å². The number of aliphatic carboxylic acids is 1. The molecule has 7 nitrogen and oxygen atoms in total. The van der Waals surface area contributed by atoms with Gasteiger partial charge in [-0.25, -0.2) is 4.79 Å². The van der Waals surface area contributed by atoms with Gasteiger partial charge < -0.3 is 24.2 Å². The Morgan fingerprint density at radius 3 is 2.29 bits per heavy atom. The molecule has 0 atom stereocenters. The van der Waals surface area contributed by atoms with E-state index in [2.05, 4.69) is 0 Å². The fourth-order valence-corrected chi connectivity index (χ4v) is 3.43. The summed E-state index contributed by atoms with van der Waals surface area (Å²) in [5.74, 6) is -0.152. The van der Waals surface area contributed by atoms with Crippen molar-refractivity contribution < 1.29 is 28.9 Å². The summed E-state index contributed by atoms with van der Waals surface area (Å²) in [6.45, 7) is 2.28. The van der Waals surface area contributed by atoms with E-state index in [0.29, 0.717) is 41.5 Å². The number of amides is 1. The maximum Gasteiger partial charge on any atom is 0.329 e. The molecule has 0 saturated carbocycles. The second-order valence-corrected chi connectivity index (χ2v) is 7.35. The molecule has 168 valence electrons. The molecular formula is C23H28ClNO6. The van der Waals surface area contributed by atoms with Crippen molar-refractivity contribution in [2.24, 2.45) is 0 Å². The van der Waals surface area contributed by atoms with Gasteiger partial charge >= 0.3 is 5.97 Å². The van der Waals surface area contributed by atoms with Gasteiger partial charge in [-0.05, 0) is 43.5 Å². The lowest BCUT2D eigenvalue weighted by Crippen LogP contribution is -2.35. The lowest BCUT2D eigenvalue weighted by molar-refractivity contribution is -0.142. The molecule has 0 aliphatic heterocycles. The second kappa shape index (κ2) is 12.2. The number of hydrogen-bond donors (Lipinski definition) is 1. The molecule has 0 saturated heterocycles. The van der Waals surface area contributed by atoms with Gasteiger partial charge in [-0.1, -0.05) is 29.8 Å². The highest BCUT2D eigenvalue weighted by atomic mass is 35.5. The predicted molar refractivity (Wildman–Crippen MR) is 118 cm³/mol. The van der Waals surface area contributed by atoms with Gasteiger partial charge in [0.2, 0.25) is 0 Å². The monoisotopic (exact) mass is 449 g/mol. The van der Waals surface area contributed by atoms with Crippen LogP contribution in [0.2, 0.25) is 5.02 Å². The minimum absolute atomic E-state index is 0.115. The second-order valence-electron chi connectivity index (χ2n) is 6.94. The Kier molecular flexibility index (Phi) is 9.62. The zero-order valence-electron chi connectivity index (χ0n) is 18.0. The maximum atomic E-state index is 13.2. The number of hydrogen-bond acceptors (Lipinski definition) is 5. The molecule has 1 N–H and O–H groups in total. The van der Waals surface area contributed by atoms with Crippen molar-refractivity contribution in [1.82, 2.24) is 4.90 Å². The van der Waals surface area contributed by atoms with Crippen LogP contribution in [0.1, 0.15) is 27.9 Å². The van der Waals surface area contributed by atoms with E-state index >= 15 is 0 Å². The fraction of sp³-hybridized carbons (Fsp3) is 0.391. The molecule has 2 aromatic rings. The van der Waals surface area contributed by atoms with Crippen LogP contribution in [-0.4, -0.2) is 62.4 Å². The van der Waals surface area contributed by atoms with Crippen LogP contribution in [0, 0.1) is 6.92 Å². The first-order valence-corrected chi connectivity index (χ1v) is 10.3. The quantitative estimate of drug-likeness (QED) is 0.495. The molecule has 0 heterocycles. The number of carbonyl (C=O) groups is 2. The molecule has 0 fully saturated rings. The minimum atomic E-state index is -1.05. The molecule has 31 heavy (non-hydrogen) atoms. The van der Waals surface area contributed by atoms with Crippen LogP contribution >= 0.6 is 11.6 Å². The highest BCUT2D eigenvalue weighted by molar-refractivity contribution is 6.31. The summed E-state index contributed by atoms with van der Waals surface area (Å²) < 4.78 is 15.9. The van der Waals surface area contributed by atoms with Gasteiger partial charge in [0.05, 0.1) is 20.8 Å². The van der Waals surface area contributed by atoms with Crippen molar-refractivity contribution in [2.75, 3.05) is 40.5 Å². The Labute approximate surface area is 187 Å². The molecule has 0 aliphatic rings. The fourth-order valence-electron chi connectivity index (χ4n) is 3.20. The van der Waals surface area contributed by atoms with Gasteiger partial charge in [0.1, 0.15) is 18.1 Å². The molecule has 8 heteroatoms. The van der Waals surface area contributed by atoms with Crippen LogP contribution in [0.3, 0.4) is 0 Å². The van der Waals surface area contributed by atoms with Crippen molar-refractivity contribution in [1.29, 1.82) is 0 Å². The van der Waals surface area contributed by atoms with Gasteiger partial charge in [0.15, 0.2) is 0 Å². The number of aryl methyl sites for hydroxylation is 1. The third kappa shape index (κ3) is 7.15. The number of halogens is 1. The molecular weight excluding hydrogens is 422 g/mol. The van der Waals surface area contributed by atoms with Gasteiger partial charge in [-0.3, -0.25) is 4.79 Å². The van der Waals surface area contributed by atoms with E-state index in [0.717, 1.165) is 11.1 Å². The number of nitrogens with zero attached hydrogens (tertiary/aromatic N) is 1. The van der Waals surface area contributed by atoms with Crippen molar-refractivity contribution in [2.45, 2.75) is 19.8 Å².